The van der Waals surface area contributed by atoms with Crippen LogP contribution in [-0.2, 0) is 24.3 Å². The number of aliphatic hydroxyl groups excluding tert-OH is 1. The average molecular weight is 647 g/mol. The van der Waals surface area contributed by atoms with Crippen LogP contribution in [0.25, 0.3) is 11.0 Å². The second-order valence-corrected chi connectivity index (χ2v) is 12.3. The van der Waals surface area contributed by atoms with E-state index in [-0.39, 0.29) is 36.1 Å². The van der Waals surface area contributed by atoms with E-state index in [4.69, 9.17) is 10.5 Å². The van der Waals surface area contributed by atoms with Gasteiger partial charge in [-0.2, -0.15) is 0 Å². The second-order valence-electron chi connectivity index (χ2n) is 12.3. The lowest BCUT2D eigenvalue weighted by atomic mass is 9.87. The fourth-order valence-corrected chi connectivity index (χ4v) is 6.65. The quantitative estimate of drug-likeness (QED) is 0.218. The highest BCUT2D eigenvalue weighted by Crippen LogP contribution is 2.36. The van der Waals surface area contributed by atoms with Gasteiger partial charge in [0.05, 0.1) is 18.4 Å². The molecule has 0 unspecified atom stereocenters. The minimum atomic E-state index is -2.64. The van der Waals surface area contributed by atoms with Crippen molar-refractivity contribution in [2.45, 2.75) is 45.2 Å². The van der Waals surface area contributed by atoms with Gasteiger partial charge in [-0.25, -0.2) is 13.8 Å². The Morgan fingerprint density at radius 3 is 2.60 bits per heavy atom. The van der Waals surface area contributed by atoms with E-state index in [9.17, 15) is 23.5 Å². The lowest BCUT2D eigenvalue weighted by Crippen LogP contribution is -2.46. The van der Waals surface area contributed by atoms with Crippen molar-refractivity contribution < 1.29 is 28.2 Å². The molecule has 0 radical (unpaired) electrons. The zero-order valence-corrected chi connectivity index (χ0v) is 26.4. The van der Waals surface area contributed by atoms with Crippen molar-refractivity contribution in [3.8, 4) is 11.5 Å². The van der Waals surface area contributed by atoms with Crippen molar-refractivity contribution in [1.82, 2.24) is 24.7 Å². The molecule has 0 bridgehead atoms. The van der Waals surface area contributed by atoms with E-state index >= 15 is 0 Å². The summed E-state index contributed by atoms with van der Waals surface area (Å²) in [6.07, 6.45) is -0.194. The summed E-state index contributed by atoms with van der Waals surface area (Å²) in [5.74, 6) is 0.509. The van der Waals surface area contributed by atoms with Gasteiger partial charge in [-0.1, -0.05) is 25.1 Å². The first-order chi connectivity index (χ1) is 22.7. The Labute approximate surface area is 272 Å². The van der Waals surface area contributed by atoms with E-state index in [1.165, 1.54) is 6.07 Å². The molecule has 12 heteroatoms. The van der Waals surface area contributed by atoms with Crippen LogP contribution in [0.3, 0.4) is 0 Å². The number of benzene rings is 2. The van der Waals surface area contributed by atoms with Crippen LogP contribution in [0.4, 0.5) is 8.78 Å². The summed E-state index contributed by atoms with van der Waals surface area (Å²) in [6, 6.07) is 14.2. The number of hydrogen-bond donors (Lipinski definition) is 3. The Morgan fingerprint density at radius 1 is 1.09 bits per heavy atom. The van der Waals surface area contributed by atoms with Gasteiger partial charge in [-0.3, -0.25) is 19.4 Å². The average Bonchev–Trinajstić information content (AvgIpc) is 3.52. The smallest absolute Gasteiger partial charge is 0.265 e. The summed E-state index contributed by atoms with van der Waals surface area (Å²) >= 11 is 0. The number of aliphatic hydroxyl groups is 1. The minimum Gasteiger partial charge on any atom is -0.457 e. The zero-order chi connectivity index (χ0) is 33.1. The first kappa shape index (κ1) is 32.5. The molecule has 2 aliphatic rings. The molecule has 4 aromatic rings. The fourth-order valence-electron chi connectivity index (χ4n) is 6.65. The van der Waals surface area contributed by atoms with Crippen molar-refractivity contribution in [2.75, 3.05) is 45.9 Å². The van der Waals surface area contributed by atoms with Crippen LogP contribution < -0.4 is 10.5 Å². The fraction of sp³-hybridized carbons (Fsp3) is 0.400. The van der Waals surface area contributed by atoms with E-state index < -0.39 is 12.3 Å². The number of pyridine rings is 1. The van der Waals surface area contributed by atoms with Gasteiger partial charge in [-0.05, 0) is 59.0 Å². The number of piperazine rings is 1. The van der Waals surface area contributed by atoms with Crippen LogP contribution in [0.1, 0.15) is 64.0 Å². The molecular formula is C35H40F2N6O4. The largest absolute Gasteiger partial charge is 0.457 e. The number of ether oxygens (including phenoxy) is 1. The van der Waals surface area contributed by atoms with Crippen LogP contribution in [0, 0.1) is 0 Å². The summed E-state index contributed by atoms with van der Waals surface area (Å²) in [5, 5.41) is 9.80. The van der Waals surface area contributed by atoms with Gasteiger partial charge in [0.15, 0.2) is 0 Å². The van der Waals surface area contributed by atoms with E-state index in [1.54, 1.807) is 35.4 Å². The summed E-state index contributed by atoms with van der Waals surface area (Å²) < 4.78 is 34.6. The number of fused-ring (bicyclic) bond motifs is 2. The Hall–Kier alpha value is -4.39. The maximum Gasteiger partial charge on any atom is 0.265 e. The van der Waals surface area contributed by atoms with Crippen LogP contribution in [0.5, 0.6) is 11.5 Å². The number of halogens is 2. The molecule has 248 valence electrons. The lowest BCUT2D eigenvalue weighted by Gasteiger charge is -2.35. The van der Waals surface area contributed by atoms with Crippen molar-refractivity contribution in [2.24, 2.45) is 5.73 Å². The molecule has 1 saturated heterocycles. The van der Waals surface area contributed by atoms with Crippen molar-refractivity contribution in [3.05, 3.63) is 88.2 Å². The maximum absolute atomic E-state index is 14.2. The monoisotopic (exact) mass is 646 g/mol. The summed E-state index contributed by atoms with van der Waals surface area (Å²) in [5.41, 5.74) is 9.39. The molecule has 6 rings (SSSR count). The normalized spacial score (nSPS) is 17.3. The van der Waals surface area contributed by atoms with Crippen molar-refractivity contribution in [1.29, 1.82) is 0 Å². The summed E-state index contributed by atoms with van der Waals surface area (Å²) in [4.78, 5) is 38.6. The third-order valence-corrected chi connectivity index (χ3v) is 9.26. The number of aromatic amines is 1. The van der Waals surface area contributed by atoms with Gasteiger partial charge < -0.3 is 25.5 Å². The number of carbonyl (C=O) groups is 2. The molecule has 10 nitrogen and oxygen atoms in total. The highest BCUT2D eigenvalue weighted by atomic mass is 19.3. The van der Waals surface area contributed by atoms with Gasteiger partial charge in [0, 0.05) is 70.0 Å². The Balaban J connectivity index is 1.15. The van der Waals surface area contributed by atoms with Crippen molar-refractivity contribution >= 4 is 22.8 Å². The molecule has 0 aliphatic carbocycles. The molecular weight excluding hydrogens is 606 g/mol. The molecule has 2 aliphatic heterocycles. The lowest BCUT2D eigenvalue weighted by molar-refractivity contribution is -0.131. The van der Waals surface area contributed by atoms with Crippen molar-refractivity contribution in [3.63, 3.8) is 0 Å². The maximum atomic E-state index is 14.2. The number of nitrogens with one attached hydrogen (secondary N) is 1. The predicted octanol–water partition coefficient (Wildman–Crippen LogP) is 4.58. The first-order valence-electron chi connectivity index (χ1n) is 16.0. The number of nitrogens with zero attached hydrogens (tertiary/aromatic N) is 4. The number of hydrogen-bond acceptors (Lipinski definition) is 7. The molecule has 1 atom stereocenters. The first-order valence-corrected chi connectivity index (χ1v) is 16.0. The van der Waals surface area contributed by atoms with E-state index in [2.05, 4.69) is 26.7 Å². The van der Waals surface area contributed by atoms with Gasteiger partial charge in [0.1, 0.15) is 22.8 Å². The number of primary amides is 1. The number of H-pyrrole nitrogens is 1. The van der Waals surface area contributed by atoms with Crippen LogP contribution in [-0.4, -0.2) is 87.5 Å². The third kappa shape index (κ3) is 7.29. The predicted molar refractivity (Wildman–Crippen MR) is 173 cm³/mol. The number of rotatable bonds is 11. The molecule has 0 saturated carbocycles. The SMILES string of the molecule is CC[C@H]1CN(C(=O)Cc2ccc(CN3CCN(CCO)CC3)c(C(F)F)c2)Cc2cc(Oc3ccnc4[nH]c(C(N)=O)cc34)ccc21. The molecule has 0 spiro atoms. The van der Waals surface area contributed by atoms with E-state index in [0.29, 0.717) is 59.8 Å². The number of β-amino-alcohol motifs (C(OH)–C–C–N with tert-alkyl or cyclic N) is 1. The Kier molecular flexibility index (Phi) is 9.81. The second kappa shape index (κ2) is 14.2. The topological polar surface area (TPSA) is 128 Å². The van der Waals surface area contributed by atoms with Gasteiger partial charge in [0.2, 0.25) is 5.91 Å². The zero-order valence-electron chi connectivity index (χ0n) is 26.4. The van der Waals surface area contributed by atoms with E-state index in [1.807, 2.05) is 18.2 Å². The minimum absolute atomic E-state index is 0.0269. The van der Waals surface area contributed by atoms with Gasteiger partial charge in [-0.15, -0.1) is 0 Å². The molecule has 47 heavy (non-hydrogen) atoms. The molecule has 4 heterocycles. The Morgan fingerprint density at radius 2 is 1.87 bits per heavy atom. The summed E-state index contributed by atoms with van der Waals surface area (Å²) in [6.45, 7) is 7.26. The molecule has 1 fully saturated rings. The number of carbonyl (C=O) groups excluding carboxylic acids is 2. The number of aromatic nitrogens is 2. The third-order valence-electron chi connectivity index (χ3n) is 9.26. The molecule has 2 aromatic heterocycles. The van der Waals surface area contributed by atoms with Crippen LogP contribution in [0.15, 0.2) is 54.7 Å². The molecule has 4 N–H and O–H groups in total. The highest BCUT2D eigenvalue weighted by molar-refractivity contribution is 5.97. The Bertz CT molecular complexity index is 1750. The van der Waals surface area contributed by atoms with E-state index in [0.717, 1.165) is 43.7 Å². The standard InChI is InChI=1S/C35H40F2N6O4/c1-2-23-20-43(21-25-17-26(5-6-27(23)25)47-31-7-8-39-35-29(31)18-30(40-35)34(38)46)32(45)16-22-3-4-24(28(15-22)33(36)37)19-42-11-9-41(10-12-42)13-14-44/h3-8,15,17-18,23,33,44H,2,9-14,16,19-21H2,1H3,(H2,38,46)(H,39,40)/t23-/m0/s1. The van der Waals surface area contributed by atoms with Crippen LogP contribution in [0.2, 0.25) is 0 Å². The van der Waals surface area contributed by atoms with Crippen LogP contribution >= 0.6 is 0 Å². The number of amides is 2. The summed E-state index contributed by atoms with van der Waals surface area (Å²) in [7, 11) is 0. The molecule has 2 amide bonds. The molecule has 2 aromatic carbocycles. The van der Waals surface area contributed by atoms with Gasteiger partial charge >= 0.3 is 0 Å². The van der Waals surface area contributed by atoms with Gasteiger partial charge in [0.25, 0.3) is 12.3 Å². The number of alkyl halides is 2. The highest BCUT2D eigenvalue weighted by Gasteiger charge is 2.28. The number of nitrogens with two attached hydrogens (primary N) is 1.